The summed E-state index contributed by atoms with van der Waals surface area (Å²) in [5.41, 5.74) is 0.365. The summed E-state index contributed by atoms with van der Waals surface area (Å²) >= 11 is 0. The zero-order valence-electron chi connectivity index (χ0n) is 12.1. The van der Waals surface area contributed by atoms with E-state index < -0.39 is 0 Å². The monoisotopic (exact) mass is 280 g/mol. The molecule has 0 unspecified atom stereocenters. The Morgan fingerprint density at radius 2 is 2.00 bits per heavy atom. The van der Waals surface area contributed by atoms with Crippen LogP contribution in [0.4, 0.5) is 4.39 Å². The largest absolute Gasteiger partial charge is 0.465 e. The minimum atomic E-state index is -0.377. The van der Waals surface area contributed by atoms with E-state index in [0.717, 1.165) is 6.42 Å². The number of amidine groups is 1. The van der Waals surface area contributed by atoms with Crippen LogP contribution in [0.3, 0.4) is 0 Å². The van der Waals surface area contributed by atoms with E-state index in [1.54, 1.807) is 0 Å². The summed E-state index contributed by atoms with van der Waals surface area (Å²) in [6.45, 7) is 7.08. The Morgan fingerprint density at radius 1 is 1.35 bits per heavy atom. The number of amides is 1. The van der Waals surface area contributed by atoms with Gasteiger partial charge in [-0.15, -0.1) is 0 Å². The van der Waals surface area contributed by atoms with Crippen LogP contribution in [0.1, 0.15) is 37.6 Å². The smallest absolute Gasteiger partial charge is 0.291 e. The molecule has 0 spiro atoms. The third-order valence-electron chi connectivity index (χ3n) is 2.36. The Balaban J connectivity index is 2.68. The molecule has 0 aliphatic rings. The van der Waals surface area contributed by atoms with Gasteiger partial charge in [0, 0.05) is 12.1 Å². The number of carbonyl (C=O) groups is 1. The molecule has 0 aromatic heterocycles. The number of benzene rings is 1. The van der Waals surface area contributed by atoms with E-state index in [1.807, 2.05) is 20.8 Å². The fourth-order valence-electron chi connectivity index (χ4n) is 1.35. The maximum absolute atomic E-state index is 12.8. The number of nitrogens with zero attached hydrogens (tertiary/aromatic N) is 1. The number of aliphatic imine (C=N–C) groups is 1. The highest BCUT2D eigenvalue weighted by molar-refractivity contribution is 6.04. The minimum absolute atomic E-state index is 0.217. The van der Waals surface area contributed by atoms with Crippen LogP contribution < -0.4 is 5.32 Å². The third kappa shape index (κ3) is 5.82. The Bertz CT molecular complexity index is 455. The van der Waals surface area contributed by atoms with Crippen molar-refractivity contribution in [1.82, 2.24) is 5.32 Å². The summed E-state index contributed by atoms with van der Waals surface area (Å²) in [6.07, 6.45) is 0.862. The molecule has 0 atom stereocenters. The molecule has 0 saturated carbocycles. The number of ether oxygens (including phenoxy) is 1. The Kier molecular flexibility index (Phi) is 6.70. The van der Waals surface area contributed by atoms with Gasteiger partial charge < -0.3 is 4.74 Å². The quantitative estimate of drug-likeness (QED) is 0.666. The minimum Gasteiger partial charge on any atom is -0.465 e. The van der Waals surface area contributed by atoms with Crippen molar-refractivity contribution in [3.8, 4) is 0 Å². The van der Waals surface area contributed by atoms with Crippen molar-refractivity contribution in [1.29, 1.82) is 0 Å². The summed E-state index contributed by atoms with van der Waals surface area (Å²) < 4.78 is 18.3. The van der Waals surface area contributed by atoms with E-state index in [2.05, 4.69) is 10.3 Å². The predicted octanol–water partition coefficient (Wildman–Crippen LogP) is 2.99. The van der Waals surface area contributed by atoms with Crippen LogP contribution in [0.5, 0.6) is 0 Å². The molecule has 110 valence electrons. The average Bonchev–Trinajstić information content (AvgIpc) is 2.42. The van der Waals surface area contributed by atoms with E-state index in [4.69, 9.17) is 4.74 Å². The molecule has 0 aliphatic heterocycles. The molecule has 20 heavy (non-hydrogen) atoms. The number of carbonyl (C=O) groups excluding carboxylic acids is 1. The fraction of sp³-hybridized carbons (Fsp3) is 0.467. The van der Waals surface area contributed by atoms with Crippen LogP contribution in [0.15, 0.2) is 29.3 Å². The van der Waals surface area contributed by atoms with Gasteiger partial charge in [-0.3, -0.25) is 10.1 Å². The van der Waals surface area contributed by atoms with Crippen molar-refractivity contribution in [2.75, 3.05) is 13.2 Å². The van der Waals surface area contributed by atoms with E-state index in [9.17, 15) is 9.18 Å². The number of hydrogen-bond donors (Lipinski definition) is 1. The Labute approximate surface area is 119 Å². The van der Waals surface area contributed by atoms with Gasteiger partial charge >= 0.3 is 0 Å². The number of nitrogens with one attached hydrogen (secondary N) is 1. The van der Waals surface area contributed by atoms with Gasteiger partial charge in [0.05, 0.1) is 6.61 Å². The standard InChI is InChI=1S/C15H21FN2O2/c1-4-9-17-15(20-10-11(2)3)18-14(19)12-5-7-13(16)8-6-12/h5-8,11H,4,9-10H2,1-3H3,(H,17,18,19). The molecule has 1 aromatic rings. The first kappa shape index (κ1) is 16.1. The molecule has 0 fully saturated rings. The van der Waals surface area contributed by atoms with Gasteiger partial charge in [-0.05, 0) is 36.6 Å². The van der Waals surface area contributed by atoms with Crippen molar-refractivity contribution in [2.45, 2.75) is 27.2 Å². The van der Waals surface area contributed by atoms with Gasteiger partial charge in [0.15, 0.2) is 0 Å². The van der Waals surface area contributed by atoms with E-state index in [-0.39, 0.29) is 17.7 Å². The summed E-state index contributed by atoms with van der Waals surface area (Å²) in [6, 6.07) is 5.55. The maximum Gasteiger partial charge on any atom is 0.291 e. The maximum atomic E-state index is 12.8. The molecular weight excluding hydrogens is 259 g/mol. The van der Waals surface area contributed by atoms with Crippen LogP contribution in [0.25, 0.3) is 0 Å². The van der Waals surface area contributed by atoms with Gasteiger partial charge in [0.1, 0.15) is 5.82 Å². The van der Waals surface area contributed by atoms with Gasteiger partial charge in [0.25, 0.3) is 11.9 Å². The van der Waals surface area contributed by atoms with E-state index >= 15 is 0 Å². The molecule has 1 N–H and O–H groups in total. The van der Waals surface area contributed by atoms with Crippen LogP contribution in [0, 0.1) is 11.7 Å². The molecule has 0 aliphatic carbocycles. The molecule has 4 nitrogen and oxygen atoms in total. The number of halogens is 1. The van der Waals surface area contributed by atoms with Gasteiger partial charge in [0.2, 0.25) is 0 Å². The SMILES string of the molecule is CCCN=C(NC(=O)c1ccc(F)cc1)OCC(C)C. The van der Waals surface area contributed by atoms with Crippen molar-refractivity contribution in [3.05, 3.63) is 35.6 Å². The lowest BCUT2D eigenvalue weighted by Gasteiger charge is -2.12. The van der Waals surface area contributed by atoms with Crippen molar-refractivity contribution >= 4 is 11.9 Å². The summed E-state index contributed by atoms with van der Waals surface area (Å²) in [5, 5.41) is 2.61. The van der Waals surface area contributed by atoms with Crippen LogP contribution >= 0.6 is 0 Å². The second-order valence-corrected chi connectivity index (χ2v) is 4.85. The molecule has 0 bridgehead atoms. The van der Waals surface area contributed by atoms with Crippen LogP contribution in [-0.2, 0) is 4.74 Å². The summed E-state index contributed by atoms with van der Waals surface area (Å²) in [4.78, 5) is 16.2. The second kappa shape index (κ2) is 8.30. The molecule has 0 heterocycles. The first-order valence-electron chi connectivity index (χ1n) is 6.77. The van der Waals surface area contributed by atoms with Crippen molar-refractivity contribution < 1.29 is 13.9 Å². The van der Waals surface area contributed by atoms with Crippen LogP contribution in [-0.4, -0.2) is 25.1 Å². The predicted molar refractivity (Wildman–Crippen MR) is 77.2 cm³/mol. The molecule has 1 aromatic carbocycles. The lowest BCUT2D eigenvalue weighted by Crippen LogP contribution is -2.33. The van der Waals surface area contributed by atoms with Crippen molar-refractivity contribution in [3.63, 3.8) is 0 Å². The van der Waals surface area contributed by atoms with E-state index in [1.165, 1.54) is 24.3 Å². The number of rotatable bonds is 5. The van der Waals surface area contributed by atoms with E-state index in [0.29, 0.717) is 24.6 Å². The highest BCUT2D eigenvalue weighted by atomic mass is 19.1. The average molecular weight is 280 g/mol. The fourth-order valence-corrected chi connectivity index (χ4v) is 1.35. The second-order valence-electron chi connectivity index (χ2n) is 4.85. The van der Waals surface area contributed by atoms with Crippen molar-refractivity contribution in [2.24, 2.45) is 10.9 Å². The Morgan fingerprint density at radius 3 is 2.55 bits per heavy atom. The van der Waals surface area contributed by atoms with Gasteiger partial charge in [-0.2, -0.15) is 0 Å². The molecular formula is C15H21FN2O2. The van der Waals surface area contributed by atoms with Gasteiger partial charge in [-0.1, -0.05) is 20.8 Å². The first-order valence-corrected chi connectivity index (χ1v) is 6.77. The van der Waals surface area contributed by atoms with Crippen LogP contribution in [0.2, 0.25) is 0 Å². The number of hydrogen-bond acceptors (Lipinski definition) is 3. The normalized spacial score (nSPS) is 11.6. The highest BCUT2D eigenvalue weighted by Gasteiger charge is 2.10. The molecule has 0 saturated heterocycles. The molecule has 1 rings (SSSR count). The third-order valence-corrected chi connectivity index (χ3v) is 2.36. The lowest BCUT2D eigenvalue weighted by atomic mass is 10.2. The molecule has 5 heteroatoms. The first-order chi connectivity index (χ1) is 9.52. The summed E-state index contributed by atoms with van der Waals surface area (Å²) in [7, 11) is 0. The van der Waals surface area contributed by atoms with Gasteiger partial charge in [-0.25, -0.2) is 9.38 Å². The Hall–Kier alpha value is -1.91. The lowest BCUT2D eigenvalue weighted by molar-refractivity contribution is 0.0963. The highest BCUT2D eigenvalue weighted by Crippen LogP contribution is 2.03. The zero-order valence-corrected chi connectivity index (χ0v) is 12.1. The summed E-state index contributed by atoms with van der Waals surface area (Å²) in [5.74, 6) is -0.398. The molecule has 0 radical (unpaired) electrons. The topological polar surface area (TPSA) is 50.7 Å². The zero-order chi connectivity index (χ0) is 15.0. The molecule has 1 amide bonds.